The van der Waals surface area contributed by atoms with Crippen molar-refractivity contribution in [3.05, 3.63) is 70.8 Å². The number of benzene rings is 2. The Morgan fingerprint density at radius 1 is 1.29 bits per heavy atom. The number of ether oxygens (including phenoxy) is 1. The van der Waals surface area contributed by atoms with Gasteiger partial charge in [0.2, 0.25) is 0 Å². The van der Waals surface area contributed by atoms with Gasteiger partial charge in [0.05, 0.1) is 24.3 Å². The lowest BCUT2D eigenvalue weighted by Crippen LogP contribution is -2.31. The topological polar surface area (TPSA) is 110 Å². The molecule has 4 rings (SSSR count). The molecule has 1 aliphatic rings. The summed E-state index contributed by atoms with van der Waals surface area (Å²) in [6.07, 6.45) is 4.28. The van der Waals surface area contributed by atoms with Gasteiger partial charge in [-0.1, -0.05) is 17.7 Å². The molecule has 1 atom stereocenters. The summed E-state index contributed by atoms with van der Waals surface area (Å²) in [6.45, 7) is 0.934. The molecule has 0 fully saturated rings. The van der Waals surface area contributed by atoms with Gasteiger partial charge in [0, 0.05) is 34.9 Å². The summed E-state index contributed by atoms with van der Waals surface area (Å²) in [5, 5.41) is 0.489. The zero-order valence-corrected chi connectivity index (χ0v) is 15.8. The van der Waals surface area contributed by atoms with Crippen LogP contribution in [0, 0.1) is 0 Å². The Labute approximate surface area is 167 Å². The Kier molecular flexibility index (Phi) is 4.93. The number of nitrogens with two attached hydrogens (primary N) is 2. The summed E-state index contributed by atoms with van der Waals surface area (Å²) in [5.74, 6) is 0.889. The highest BCUT2D eigenvalue weighted by atomic mass is 35.5. The quantitative estimate of drug-likeness (QED) is 0.623. The van der Waals surface area contributed by atoms with Crippen LogP contribution in [0.1, 0.15) is 29.2 Å². The van der Waals surface area contributed by atoms with Gasteiger partial charge in [-0.05, 0) is 42.3 Å². The first-order valence-electron chi connectivity index (χ1n) is 8.91. The number of anilines is 2. The van der Waals surface area contributed by atoms with Crippen LogP contribution in [0.4, 0.5) is 16.2 Å². The number of hydrogen-bond acceptors (Lipinski definition) is 4. The van der Waals surface area contributed by atoms with E-state index in [0.29, 0.717) is 29.5 Å². The van der Waals surface area contributed by atoms with E-state index in [-0.39, 0.29) is 5.92 Å². The zero-order valence-electron chi connectivity index (χ0n) is 15.1. The molecule has 144 valence electrons. The second kappa shape index (κ2) is 7.53. The van der Waals surface area contributed by atoms with Crippen LogP contribution >= 0.6 is 11.6 Å². The normalized spacial score (nSPS) is 15.6. The fraction of sp³-hybridized carbons (Fsp3) is 0.200. The molecule has 2 heterocycles. The Hall–Kier alpha value is -3.03. The predicted octanol–water partition coefficient (Wildman–Crippen LogP) is 3.65. The number of carbonyl (C=O) groups excluding carboxylic acids is 1. The highest BCUT2D eigenvalue weighted by Gasteiger charge is 2.26. The summed E-state index contributed by atoms with van der Waals surface area (Å²) in [7, 11) is 0. The first-order chi connectivity index (χ1) is 13.6. The lowest BCUT2D eigenvalue weighted by molar-refractivity contribution is 0.256. The van der Waals surface area contributed by atoms with Crippen molar-refractivity contribution in [3.8, 4) is 5.75 Å². The molecule has 1 aromatic heterocycles. The van der Waals surface area contributed by atoms with Gasteiger partial charge in [-0.3, -0.25) is 4.90 Å². The molecule has 0 spiro atoms. The van der Waals surface area contributed by atoms with Gasteiger partial charge in [0.1, 0.15) is 5.75 Å². The van der Waals surface area contributed by atoms with Crippen LogP contribution in [0.2, 0.25) is 5.02 Å². The van der Waals surface area contributed by atoms with Gasteiger partial charge in [-0.25, -0.2) is 9.78 Å². The number of H-pyrrole nitrogens is 1. The van der Waals surface area contributed by atoms with Crippen LogP contribution in [-0.4, -0.2) is 22.6 Å². The number of primary amides is 1. The summed E-state index contributed by atoms with van der Waals surface area (Å²) >= 11 is 6.28. The fourth-order valence-electron chi connectivity index (χ4n) is 3.55. The Balaban J connectivity index is 1.78. The number of rotatable bonds is 4. The van der Waals surface area contributed by atoms with Gasteiger partial charge in [0.25, 0.3) is 0 Å². The largest absolute Gasteiger partial charge is 0.493 e. The average Bonchev–Trinajstić information content (AvgIpc) is 3.22. The van der Waals surface area contributed by atoms with E-state index in [9.17, 15) is 4.79 Å². The molecule has 0 bridgehead atoms. The summed E-state index contributed by atoms with van der Waals surface area (Å²) in [6, 6.07) is 10.3. The molecular weight excluding hydrogens is 378 g/mol. The van der Waals surface area contributed by atoms with E-state index in [2.05, 4.69) is 9.97 Å². The van der Waals surface area contributed by atoms with E-state index in [1.165, 1.54) is 4.90 Å². The Morgan fingerprint density at radius 3 is 2.75 bits per heavy atom. The van der Waals surface area contributed by atoms with Crippen LogP contribution in [0.5, 0.6) is 5.75 Å². The predicted molar refractivity (Wildman–Crippen MR) is 108 cm³/mol. The van der Waals surface area contributed by atoms with E-state index in [4.69, 9.17) is 27.8 Å². The molecule has 0 saturated heterocycles. The molecule has 1 aliphatic heterocycles. The number of carbonyl (C=O) groups is 1. The number of halogens is 1. The maximum Gasteiger partial charge on any atom is 0.323 e. The fourth-order valence-corrected chi connectivity index (χ4v) is 3.80. The highest BCUT2D eigenvalue weighted by molar-refractivity contribution is 6.31. The molecule has 8 heteroatoms. The second-order valence-corrected chi connectivity index (χ2v) is 6.98. The first-order valence-corrected chi connectivity index (χ1v) is 9.29. The van der Waals surface area contributed by atoms with Crippen molar-refractivity contribution in [2.75, 3.05) is 11.5 Å². The van der Waals surface area contributed by atoms with Crippen LogP contribution < -0.4 is 21.1 Å². The smallest absolute Gasteiger partial charge is 0.323 e. The first kappa shape index (κ1) is 18.3. The van der Waals surface area contributed by atoms with Crippen molar-refractivity contribution >= 4 is 29.0 Å². The molecule has 7 nitrogen and oxygen atoms in total. The SMILES string of the molecule is NCc1ccc(N(C(N)=O)c2ccc3c(c2)C(c2cnc[nH]2)CCO3)cc1Cl. The standard InChI is InChI=1S/C20H20ClN5O2/c21-17-8-14(2-1-12(17)9-22)26(20(23)27)13-3-4-19-16(7-13)15(5-6-28-19)18-10-24-11-25-18/h1-4,7-8,10-11,15H,5-6,9,22H2,(H2,23,27)(H,24,25). The number of imidazole rings is 1. The monoisotopic (exact) mass is 397 g/mol. The number of nitrogens with one attached hydrogen (secondary N) is 1. The molecule has 0 aliphatic carbocycles. The van der Waals surface area contributed by atoms with Crippen LogP contribution in [-0.2, 0) is 6.54 Å². The van der Waals surface area contributed by atoms with Crippen molar-refractivity contribution in [1.29, 1.82) is 0 Å². The number of urea groups is 1. The minimum Gasteiger partial charge on any atom is -0.493 e. The van der Waals surface area contributed by atoms with Crippen molar-refractivity contribution in [2.45, 2.75) is 18.9 Å². The molecule has 5 N–H and O–H groups in total. The van der Waals surface area contributed by atoms with E-state index in [0.717, 1.165) is 29.0 Å². The maximum atomic E-state index is 12.3. The summed E-state index contributed by atoms with van der Waals surface area (Å²) in [4.78, 5) is 21.0. The minimum absolute atomic E-state index is 0.101. The third-order valence-electron chi connectivity index (χ3n) is 4.92. The van der Waals surface area contributed by atoms with E-state index >= 15 is 0 Å². The molecule has 0 saturated carbocycles. The third kappa shape index (κ3) is 3.30. The van der Waals surface area contributed by atoms with Gasteiger partial charge in [-0.15, -0.1) is 0 Å². The van der Waals surface area contributed by atoms with Crippen molar-refractivity contribution in [3.63, 3.8) is 0 Å². The third-order valence-corrected chi connectivity index (χ3v) is 5.27. The number of fused-ring (bicyclic) bond motifs is 1. The molecule has 28 heavy (non-hydrogen) atoms. The molecular formula is C20H20ClN5O2. The van der Waals surface area contributed by atoms with Crippen LogP contribution in [0.25, 0.3) is 0 Å². The summed E-state index contributed by atoms with van der Waals surface area (Å²) in [5.41, 5.74) is 15.4. The lowest BCUT2D eigenvalue weighted by atomic mass is 9.90. The van der Waals surface area contributed by atoms with E-state index in [1.54, 1.807) is 24.5 Å². The van der Waals surface area contributed by atoms with Gasteiger partial charge < -0.3 is 21.2 Å². The molecule has 2 aromatic carbocycles. The van der Waals surface area contributed by atoms with Crippen molar-refractivity contribution in [2.24, 2.45) is 11.5 Å². The maximum absolute atomic E-state index is 12.3. The second-order valence-electron chi connectivity index (χ2n) is 6.57. The van der Waals surface area contributed by atoms with E-state index in [1.807, 2.05) is 24.4 Å². The molecule has 2 amide bonds. The zero-order chi connectivity index (χ0) is 19.7. The number of nitrogens with zero attached hydrogens (tertiary/aromatic N) is 2. The minimum atomic E-state index is -0.605. The number of amides is 2. The number of aromatic amines is 1. The number of hydrogen-bond donors (Lipinski definition) is 3. The van der Waals surface area contributed by atoms with Crippen molar-refractivity contribution < 1.29 is 9.53 Å². The lowest BCUT2D eigenvalue weighted by Gasteiger charge is -2.28. The highest BCUT2D eigenvalue weighted by Crippen LogP contribution is 2.40. The van der Waals surface area contributed by atoms with E-state index < -0.39 is 6.03 Å². The average molecular weight is 398 g/mol. The Morgan fingerprint density at radius 2 is 2.07 bits per heavy atom. The van der Waals surface area contributed by atoms with Gasteiger partial charge in [0.15, 0.2) is 0 Å². The summed E-state index contributed by atoms with van der Waals surface area (Å²) < 4.78 is 5.80. The van der Waals surface area contributed by atoms with Crippen LogP contribution in [0.15, 0.2) is 48.9 Å². The van der Waals surface area contributed by atoms with Crippen LogP contribution in [0.3, 0.4) is 0 Å². The van der Waals surface area contributed by atoms with Gasteiger partial charge >= 0.3 is 6.03 Å². The van der Waals surface area contributed by atoms with Gasteiger partial charge in [-0.2, -0.15) is 0 Å². The molecule has 3 aromatic rings. The van der Waals surface area contributed by atoms with Crippen molar-refractivity contribution in [1.82, 2.24) is 9.97 Å². The number of aromatic nitrogens is 2. The molecule has 1 unspecified atom stereocenters. The Bertz CT molecular complexity index is 1010. The molecule has 0 radical (unpaired) electrons.